The highest BCUT2D eigenvalue weighted by atomic mass is 16.5. The second-order valence-electron chi connectivity index (χ2n) is 4.45. The van der Waals surface area contributed by atoms with Crippen molar-refractivity contribution in [3.8, 4) is 5.75 Å². The molecule has 3 heteroatoms. The van der Waals surface area contributed by atoms with Crippen LogP contribution in [-0.2, 0) is 5.72 Å². The summed E-state index contributed by atoms with van der Waals surface area (Å²) in [6.07, 6.45) is 0. The van der Waals surface area contributed by atoms with Gasteiger partial charge in [-0.15, -0.1) is 0 Å². The van der Waals surface area contributed by atoms with Crippen molar-refractivity contribution >= 4 is 5.91 Å². The van der Waals surface area contributed by atoms with Gasteiger partial charge in [-0.3, -0.25) is 4.79 Å². The van der Waals surface area contributed by atoms with Crippen LogP contribution < -0.4 is 10.1 Å². The summed E-state index contributed by atoms with van der Waals surface area (Å²) in [7, 11) is 0. The van der Waals surface area contributed by atoms with Gasteiger partial charge in [-0.25, -0.2) is 0 Å². The van der Waals surface area contributed by atoms with Crippen molar-refractivity contribution in [2.75, 3.05) is 0 Å². The van der Waals surface area contributed by atoms with E-state index < -0.39 is 5.72 Å². The van der Waals surface area contributed by atoms with Gasteiger partial charge in [0, 0.05) is 5.56 Å². The molecule has 1 aliphatic rings. The summed E-state index contributed by atoms with van der Waals surface area (Å²) in [6, 6.07) is 16.9. The lowest BCUT2D eigenvalue weighted by atomic mass is 10.0. The first-order chi connectivity index (χ1) is 8.69. The van der Waals surface area contributed by atoms with E-state index in [0.717, 1.165) is 5.56 Å². The van der Waals surface area contributed by atoms with Crippen molar-refractivity contribution in [2.24, 2.45) is 0 Å². The summed E-state index contributed by atoms with van der Waals surface area (Å²) in [5.74, 6) is 0.510. The molecule has 0 radical (unpaired) electrons. The standard InChI is InChI=1S/C15H13NO2/c1-15(11-7-3-2-4-8-11)16-14(17)12-9-5-6-10-13(12)18-15/h2-10H,1H3,(H,16,17)/t15-/m0/s1. The topological polar surface area (TPSA) is 38.3 Å². The number of carbonyl (C=O) groups excluding carboxylic acids is 1. The molecule has 0 unspecified atom stereocenters. The maximum atomic E-state index is 12.1. The Hall–Kier alpha value is -2.29. The molecule has 1 aliphatic heterocycles. The normalized spacial score (nSPS) is 21.7. The van der Waals surface area contributed by atoms with Crippen molar-refractivity contribution in [3.05, 3.63) is 65.7 Å². The Morgan fingerprint density at radius 1 is 1.00 bits per heavy atom. The van der Waals surface area contributed by atoms with Crippen LogP contribution in [0.2, 0.25) is 0 Å². The van der Waals surface area contributed by atoms with Crippen molar-refractivity contribution in [3.63, 3.8) is 0 Å². The highest BCUT2D eigenvalue weighted by Gasteiger charge is 2.36. The van der Waals surface area contributed by atoms with Crippen molar-refractivity contribution < 1.29 is 9.53 Å². The number of para-hydroxylation sites is 1. The minimum absolute atomic E-state index is 0.108. The lowest BCUT2D eigenvalue weighted by Gasteiger charge is -2.36. The molecule has 0 saturated carbocycles. The van der Waals surface area contributed by atoms with Crippen LogP contribution in [0.25, 0.3) is 0 Å². The van der Waals surface area contributed by atoms with E-state index in [4.69, 9.17) is 4.74 Å². The van der Waals surface area contributed by atoms with Gasteiger partial charge in [0.05, 0.1) is 5.56 Å². The third-order valence-corrected chi connectivity index (χ3v) is 3.12. The molecule has 2 aromatic carbocycles. The second-order valence-corrected chi connectivity index (χ2v) is 4.45. The van der Waals surface area contributed by atoms with E-state index in [1.54, 1.807) is 6.07 Å². The lowest BCUT2D eigenvalue weighted by Crippen LogP contribution is -2.51. The Morgan fingerprint density at radius 2 is 1.67 bits per heavy atom. The van der Waals surface area contributed by atoms with E-state index >= 15 is 0 Å². The molecule has 1 heterocycles. The van der Waals surface area contributed by atoms with Crippen LogP contribution in [0.4, 0.5) is 0 Å². The van der Waals surface area contributed by atoms with Crippen LogP contribution in [0.3, 0.4) is 0 Å². The van der Waals surface area contributed by atoms with Gasteiger partial charge >= 0.3 is 0 Å². The van der Waals surface area contributed by atoms with Crippen molar-refractivity contribution in [1.29, 1.82) is 0 Å². The molecule has 0 saturated heterocycles. The maximum Gasteiger partial charge on any atom is 0.258 e. The van der Waals surface area contributed by atoms with E-state index in [1.807, 2.05) is 55.5 Å². The van der Waals surface area contributed by atoms with Gasteiger partial charge in [0.1, 0.15) is 5.75 Å². The summed E-state index contributed by atoms with van der Waals surface area (Å²) in [4.78, 5) is 12.1. The fourth-order valence-electron chi connectivity index (χ4n) is 2.16. The number of amides is 1. The summed E-state index contributed by atoms with van der Waals surface area (Å²) >= 11 is 0. The maximum absolute atomic E-state index is 12.1. The molecule has 1 amide bonds. The minimum atomic E-state index is -0.813. The molecule has 0 fully saturated rings. The van der Waals surface area contributed by atoms with Crippen LogP contribution in [-0.4, -0.2) is 5.91 Å². The molecule has 0 spiro atoms. The van der Waals surface area contributed by atoms with Gasteiger partial charge < -0.3 is 10.1 Å². The fourth-order valence-corrected chi connectivity index (χ4v) is 2.16. The molecule has 0 aromatic heterocycles. The van der Waals surface area contributed by atoms with Crippen molar-refractivity contribution in [1.82, 2.24) is 5.32 Å². The molecule has 90 valence electrons. The Labute approximate surface area is 105 Å². The molecule has 3 nitrogen and oxygen atoms in total. The van der Waals surface area contributed by atoms with Gasteiger partial charge in [-0.05, 0) is 19.1 Å². The predicted octanol–water partition coefficient (Wildman–Crippen LogP) is 2.68. The fraction of sp³-hybridized carbons (Fsp3) is 0.133. The van der Waals surface area contributed by atoms with E-state index in [-0.39, 0.29) is 5.91 Å². The molecule has 0 bridgehead atoms. The first-order valence-corrected chi connectivity index (χ1v) is 5.85. The number of hydrogen-bond donors (Lipinski definition) is 1. The first kappa shape index (κ1) is 10.8. The number of rotatable bonds is 1. The van der Waals surface area contributed by atoms with Gasteiger partial charge in [-0.2, -0.15) is 0 Å². The summed E-state index contributed by atoms with van der Waals surface area (Å²) in [5, 5.41) is 2.90. The van der Waals surface area contributed by atoms with Crippen LogP contribution in [0.15, 0.2) is 54.6 Å². The minimum Gasteiger partial charge on any atom is -0.463 e. The highest BCUT2D eigenvalue weighted by molar-refractivity contribution is 5.98. The third-order valence-electron chi connectivity index (χ3n) is 3.12. The number of fused-ring (bicyclic) bond motifs is 1. The van der Waals surface area contributed by atoms with E-state index in [9.17, 15) is 4.79 Å². The monoisotopic (exact) mass is 239 g/mol. The van der Waals surface area contributed by atoms with Crippen LogP contribution in [0.1, 0.15) is 22.8 Å². The molecular weight excluding hydrogens is 226 g/mol. The average Bonchev–Trinajstić information content (AvgIpc) is 2.40. The van der Waals surface area contributed by atoms with Gasteiger partial charge in [0.15, 0.2) is 0 Å². The van der Waals surface area contributed by atoms with E-state index in [1.165, 1.54) is 0 Å². The second kappa shape index (κ2) is 3.88. The zero-order valence-corrected chi connectivity index (χ0v) is 10.0. The molecule has 18 heavy (non-hydrogen) atoms. The van der Waals surface area contributed by atoms with Crippen LogP contribution >= 0.6 is 0 Å². The van der Waals surface area contributed by atoms with E-state index in [2.05, 4.69) is 5.32 Å². The van der Waals surface area contributed by atoms with Gasteiger partial charge in [0.2, 0.25) is 5.72 Å². The Balaban J connectivity index is 2.06. The Bertz CT molecular complexity index is 594. The van der Waals surface area contributed by atoms with Crippen molar-refractivity contribution in [2.45, 2.75) is 12.6 Å². The Morgan fingerprint density at radius 3 is 2.44 bits per heavy atom. The summed E-state index contributed by atoms with van der Waals surface area (Å²) in [6.45, 7) is 1.86. The summed E-state index contributed by atoms with van der Waals surface area (Å²) in [5.41, 5.74) is 0.686. The number of ether oxygens (including phenoxy) is 1. The largest absolute Gasteiger partial charge is 0.463 e. The molecule has 1 N–H and O–H groups in total. The van der Waals surface area contributed by atoms with Gasteiger partial charge in [0.25, 0.3) is 5.91 Å². The lowest BCUT2D eigenvalue weighted by molar-refractivity contribution is 0.0289. The zero-order chi connectivity index (χ0) is 12.6. The van der Waals surface area contributed by atoms with E-state index in [0.29, 0.717) is 11.3 Å². The molecule has 3 rings (SSSR count). The van der Waals surface area contributed by atoms with Crippen LogP contribution in [0.5, 0.6) is 5.75 Å². The molecular formula is C15H13NO2. The average molecular weight is 239 g/mol. The third kappa shape index (κ3) is 1.64. The highest BCUT2D eigenvalue weighted by Crippen LogP contribution is 2.32. The number of benzene rings is 2. The van der Waals surface area contributed by atoms with Gasteiger partial charge in [-0.1, -0.05) is 42.5 Å². The molecule has 1 atom stereocenters. The molecule has 0 aliphatic carbocycles. The van der Waals surface area contributed by atoms with Crippen LogP contribution in [0, 0.1) is 0 Å². The summed E-state index contributed by atoms with van der Waals surface area (Å²) < 4.78 is 5.94. The SMILES string of the molecule is C[C@]1(c2ccccc2)NC(=O)c2ccccc2O1. The number of nitrogens with one attached hydrogen (secondary N) is 1. The quantitative estimate of drug-likeness (QED) is 0.830. The zero-order valence-electron chi connectivity index (χ0n) is 10.0. The number of carbonyl (C=O) groups is 1. The smallest absolute Gasteiger partial charge is 0.258 e. The first-order valence-electron chi connectivity index (χ1n) is 5.85. The Kier molecular flexibility index (Phi) is 2.33. The number of hydrogen-bond acceptors (Lipinski definition) is 2. The predicted molar refractivity (Wildman–Crippen MR) is 68.3 cm³/mol. The molecule has 2 aromatic rings.